The molecule has 2 aromatic rings. The molecule has 21 heavy (non-hydrogen) atoms. The zero-order chi connectivity index (χ0) is 14.7. The molecule has 0 N–H and O–H groups in total. The first-order chi connectivity index (χ1) is 10.3. The molecule has 0 aromatic heterocycles. The summed E-state index contributed by atoms with van der Waals surface area (Å²) in [4.78, 5) is 16.0. The van der Waals surface area contributed by atoms with E-state index in [9.17, 15) is 4.79 Å². The quantitative estimate of drug-likeness (QED) is 0.617. The molecule has 0 atom stereocenters. The summed E-state index contributed by atoms with van der Waals surface area (Å²) in [6.45, 7) is 3.39. The molecule has 108 valence electrons. The number of hydrogen-bond donors (Lipinski definition) is 0. The first kappa shape index (κ1) is 14.4. The second kappa shape index (κ2) is 6.46. The predicted octanol–water partition coefficient (Wildman–Crippen LogP) is 3.85. The summed E-state index contributed by atoms with van der Waals surface area (Å²) in [5.41, 5.74) is 2.80. The van der Waals surface area contributed by atoms with Crippen molar-refractivity contribution in [2.45, 2.75) is 17.9 Å². The molecular formula is C18H19NOS. The third-order valence-corrected chi connectivity index (χ3v) is 4.67. The maximum absolute atomic E-state index is 12.4. The Hall–Kier alpha value is -1.58. The Balaban J connectivity index is 1.71. The van der Waals surface area contributed by atoms with Gasteiger partial charge in [-0.05, 0) is 55.6 Å². The second-order valence-electron chi connectivity index (χ2n) is 5.38. The van der Waals surface area contributed by atoms with Gasteiger partial charge in [0.15, 0.2) is 5.78 Å². The molecule has 0 radical (unpaired) electrons. The molecule has 2 aromatic carbocycles. The van der Waals surface area contributed by atoms with Gasteiger partial charge in [0.2, 0.25) is 0 Å². The average Bonchev–Trinajstić information content (AvgIpc) is 2.51. The number of likely N-dealkylation sites (tertiary alicyclic amines) is 1. The Morgan fingerprint density at radius 2 is 1.57 bits per heavy atom. The van der Waals surface area contributed by atoms with E-state index in [2.05, 4.69) is 17.0 Å². The van der Waals surface area contributed by atoms with Crippen molar-refractivity contribution in [2.75, 3.05) is 19.3 Å². The number of carbonyl (C=O) groups is 1. The Labute approximate surface area is 130 Å². The highest BCUT2D eigenvalue weighted by Crippen LogP contribution is 2.18. The van der Waals surface area contributed by atoms with Gasteiger partial charge in [-0.1, -0.05) is 24.3 Å². The summed E-state index contributed by atoms with van der Waals surface area (Å²) in [6.07, 6.45) is 3.34. The van der Waals surface area contributed by atoms with Crippen LogP contribution in [0.1, 0.15) is 27.9 Å². The fourth-order valence-corrected chi connectivity index (χ4v) is 2.88. The minimum absolute atomic E-state index is 0.0955. The summed E-state index contributed by atoms with van der Waals surface area (Å²) in [5, 5.41) is 0. The number of rotatable bonds is 5. The van der Waals surface area contributed by atoms with Crippen LogP contribution in [0.15, 0.2) is 53.4 Å². The summed E-state index contributed by atoms with van der Waals surface area (Å²) in [5.74, 6) is 0.0955. The fourth-order valence-electron chi connectivity index (χ4n) is 2.47. The van der Waals surface area contributed by atoms with Gasteiger partial charge < -0.3 is 0 Å². The van der Waals surface area contributed by atoms with Crippen molar-refractivity contribution >= 4 is 17.5 Å². The summed E-state index contributed by atoms with van der Waals surface area (Å²) >= 11 is 1.68. The van der Waals surface area contributed by atoms with E-state index in [4.69, 9.17) is 0 Å². The van der Waals surface area contributed by atoms with E-state index in [1.54, 1.807) is 11.8 Å². The van der Waals surface area contributed by atoms with Crippen LogP contribution in [0, 0.1) is 0 Å². The zero-order valence-corrected chi connectivity index (χ0v) is 13.0. The Bertz CT molecular complexity index is 615. The third kappa shape index (κ3) is 3.36. The maximum atomic E-state index is 12.4. The van der Waals surface area contributed by atoms with Crippen LogP contribution >= 0.6 is 11.8 Å². The van der Waals surface area contributed by atoms with E-state index in [0.29, 0.717) is 0 Å². The number of carbonyl (C=O) groups excluding carboxylic acids is 1. The van der Waals surface area contributed by atoms with Crippen LogP contribution in [0.4, 0.5) is 0 Å². The molecule has 1 heterocycles. The number of benzene rings is 2. The maximum Gasteiger partial charge on any atom is 0.193 e. The third-order valence-electron chi connectivity index (χ3n) is 3.92. The highest BCUT2D eigenvalue weighted by Gasteiger charge is 2.14. The van der Waals surface area contributed by atoms with E-state index in [1.807, 2.05) is 42.7 Å². The molecule has 2 nitrogen and oxygen atoms in total. The van der Waals surface area contributed by atoms with E-state index in [1.165, 1.54) is 30.0 Å². The fraction of sp³-hybridized carbons (Fsp3) is 0.278. The molecule has 1 fully saturated rings. The minimum Gasteiger partial charge on any atom is -0.299 e. The lowest BCUT2D eigenvalue weighted by Gasteiger charge is -2.30. The number of thioether (sulfide) groups is 1. The highest BCUT2D eigenvalue weighted by atomic mass is 32.2. The molecule has 0 saturated carbocycles. The number of nitrogens with zero attached hydrogens (tertiary/aromatic N) is 1. The van der Waals surface area contributed by atoms with Gasteiger partial charge in [-0.25, -0.2) is 0 Å². The molecule has 0 unspecified atom stereocenters. The van der Waals surface area contributed by atoms with Crippen LogP contribution in [0.2, 0.25) is 0 Å². The summed E-state index contributed by atoms with van der Waals surface area (Å²) in [7, 11) is 0. The van der Waals surface area contributed by atoms with Crippen molar-refractivity contribution in [1.82, 2.24) is 4.90 Å². The predicted molar refractivity (Wildman–Crippen MR) is 88.0 cm³/mol. The van der Waals surface area contributed by atoms with Gasteiger partial charge in [0.05, 0.1) is 0 Å². The summed E-state index contributed by atoms with van der Waals surface area (Å²) < 4.78 is 0. The standard InChI is InChI=1S/C18H19NOS/c1-21-17-9-7-16(8-10-17)18(20)15-5-3-14(4-6-15)13-19-11-2-12-19/h3-10H,2,11-13H2,1H3. The molecule has 0 amide bonds. The molecule has 0 bridgehead atoms. The molecule has 1 aliphatic heterocycles. The van der Waals surface area contributed by atoms with Gasteiger partial charge in [0.25, 0.3) is 0 Å². The van der Waals surface area contributed by atoms with Crippen molar-refractivity contribution in [3.05, 3.63) is 65.2 Å². The van der Waals surface area contributed by atoms with Crippen LogP contribution in [-0.4, -0.2) is 30.0 Å². The average molecular weight is 297 g/mol. The van der Waals surface area contributed by atoms with Gasteiger partial charge in [0, 0.05) is 22.6 Å². The van der Waals surface area contributed by atoms with Crippen molar-refractivity contribution < 1.29 is 4.79 Å². The van der Waals surface area contributed by atoms with Gasteiger partial charge in [-0.15, -0.1) is 11.8 Å². The van der Waals surface area contributed by atoms with Crippen LogP contribution in [0.5, 0.6) is 0 Å². The lowest BCUT2D eigenvalue weighted by atomic mass is 10.0. The normalized spacial score (nSPS) is 14.7. The Kier molecular flexibility index (Phi) is 4.42. The molecule has 3 heteroatoms. The Morgan fingerprint density at radius 1 is 1.00 bits per heavy atom. The van der Waals surface area contributed by atoms with Gasteiger partial charge in [-0.3, -0.25) is 9.69 Å². The molecule has 3 rings (SSSR count). The van der Waals surface area contributed by atoms with Crippen molar-refractivity contribution in [3.8, 4) is 0 Å². The molecular weight excluding hydrogens is 278 g/mol. The van der Waals surface area contributed by atoms with Crippen LogP contribution in [-0.2, 0) is 6.54 Å². The Morgan fingerprint density at radius 3 is 2.05 bits per heavy atom. The van der Waals surface area contributed by atoms with Gasteiger partial charge in [-0.2, -0.15) is 0 Å². The summed E-state index contributed by atoms with van der Waals surface area (Å²) in [6, 6.07) is 15.8. The largest absolute Gasteiger partial charge is 0.299 e. The van der Waals surface area contributed by atoms with E-state index in [0.717, 1.165) is 17.7 Å². The monoisotopic (exact) mass is 297 g/mol. The van der Waals surface area contributed by atoms with Crippen LogP contribution in [0.3, 0.4) is 0 Å². The van der Waals surface area contributed by atoms with Crippen LogP contribution < -0.4 is 0 Å². The topological polar surface area (TPSA) is 20.3 Å². The zero-order valence-electron chi connectivity index (χ0n) is 12.2. The lowest BCUT2D eigenvalue weighted by Crippen LogP contribution is -2.36. The van der Waals surface area contributed by atoms with Crippen molar-refractivity contribution in [3.63, 3.8) is 0 Å². The smallest absolute Gasteiger partial charge is 0.193 e. The lowest BCUT2D eigenvalue weighted by molar-refractivity contribution is 0.103. The van der Waals surface area contributed by atoms with E-state index < -0.39 is 0 Å². The van der Waals surface area contributed by atoms with Gasteiger partial charge >= 0.3 is 0 Å². The van der Waals surface area contributed by atoms with Crippen LogP contribution in [0.25, 0.3) is 0 Å². The molecule has 1 saturated heterocycles. The molecule has 0 aliphatic carbocycles. The van der Waals surface area contributed by atoms with Crippen molar-refractivity contribution in [2.24, 2.45) is 0 Å². The first-order valence-electron chi connectivity index (χ1n) is 7.26. The SMILES string of the molecule is CSc1ccc(C(=O)c2ccc(CN3CCC3)cc2)cc1. The van der Waals surface area contributed by atoms with Crippen molar-refractivity contribution in [1.29, 1.82) is 0 Å². The van der Waals surface area contributed by atoms with Gasteiger partial charge in [0.1, 0.15) is 0 Å². The highest BCUT2D eigenvalue weighted by molar-refractivity contribution is 7.98. The van der Waals surface area contributed by atoms with E-state index >= 15 is 0 Å². The first-order valence-corrected chi connectivity index (χ1v) is 8.49. The molecule has 1 aliphatic rings. The minimum atomic E-state index is 0.0955. The number of ketones is 1. The molecule has 0 spiro atoms. The second-order valence-corrected chi connectivity index (χ2v) is 6.26. The number of hydrogen-bond acceptors (Lipinski definition) is 3. The van der Waals surface area contributed by atoms with E-state index in [-0.39, 0.29) is 5.78 Å².